The van der Waals surface area contributed by atoms with Gasteiger partial charge in [0.25, 0.3) is 0 Å². The molecule has 2 aromatic rings. The molecule has 0 spiro atoms. The van der Waals surface area contributed by atoms with Crippen LogP contribution in [0.3, 0.4) is 0 Å². The van der Waals surface area contributed by atoms with Crippen molar-refractivity contribution in [3.8, 4) is 5.88 Å². The molecule has 0 bridgehead atoms. The molecule has 1 amide bonds. The zero-order chi connectivity index (χ0) is 18.8. The van der Waals surface area contributed by atoms with E-state index in [4.69, 9.17) is 0 Å². The molecule has 1 fully saturated rings. The van der Waals surface area contributed by atoms with Crippen LogP contribution in [0.15, 0.2) is 24.4 Å². The van der Waals surface area contributed by atoms with Gasteiger partial charge < -0.3 is 20.2 Å². The summed E-state index contributed by atoms with van der Waals surface area (Å²) in [7, 11) is 0. The average molecular weight is 368 g/mol. The number of carbonyl (C=O) groups is 1. The zero-order valence-electron chi connectivity index (χ0n) is 15.9. The lowest BCUT2D eigenvalue weighted by Gasteiger charge is -2.42. The molecule has 1 aromatic heterocycles. The monoisotopic (exact) mass is 368 g/mol. The second-order valence-electron chi connectivity index (χ2n) is 7.53. The highest BCUT2D eigenvalue weighted by Gasteiger charge is 2.29. The molecule has 2 aliphatic rings. The molecule has 6 heteroatoms. The molecule has 0 radical (unpaired) electrons. The van der Waals surface area contributed by atoms with Crippen LogP contribution in [0.2, 0.25) is 0 Å². The van der Waals surface area contributed by atoms with Crippen molar-refractivity contribution in [2.75, 3.05) is 37.6 Å². The molecule has 6 nitrogen and oxygen atoms in total. The lowest BCUT2D eigenvalue weighted by molar-refractivity contribution is -0.120. The summed E-state index contributed by atoms with van der Waals surface area (Å²) < 4.78 is 0. The van der Waals surface area contributed by atoms with Gasteiger partial charge in [0.15, 0.2) is 0 Å². The predicted octanol–water partition coefficient (Wildman–Crippen LogP) is 2.29. The summed E-state index contributed by atoms with van der Waals surface area (Å²) in [5, 5.41) is 15.1. The number of benzene rings is 1. The first-order chi connectivity index (χ1) is 13.2. The second-order valence-corrected chi connectivity index (χ2v) is 7.53. The average Bonchev–Trinajstić information content (AvgIpc) is 2.71. The van der Waals surface area contributed by atoms with Gasteiger partial charge in [-0.25, -0.2) is 4.98 Å². The van der Waals surface area contributed by atoms with Gasteiger partial charge in [0.2, 0.25) is 11.8 Å². The lowest BCUT2D eigenvalue weighted by atomic mass is 9.94. The Kier molecular flexibility index (Phi) is 5.16. The van der Waals surface area contributed by atoms with Crippen molar-refractivity contribution < 1.29 is 9.90 Å². The molecule has 2 aliphatic heterocycles. The van der Waals surface area contributed by atoms with Gasteiger partial charge in [0.05, 0.1) is 0 Å². The van der Waals surface area contributed by atoms with Gasteiger partial charge in [-0.05, 0) is 37.0 Å². The van der Waals surface area contributed by atoms with Crippen molar-refractivity contribution in [2.24, 2.45) is 0 Å². The molecule has 0 atom stereocenters. The van der Waals surface area contributed by atoms with Crippen molar-refractivity contribution in [3.05, 3.63) is 30.0 Å². The minimum Gasteiger partial charge on any atom is -0.493 e. The maximum Gasteiger partial charge on any atom is 0.219 e. The quantitative estimate of drug-likeness (QED) is 0.848. The van der Waals surface area contributed by atoms with Gasteiger partial charge >= 0.3 is 0 Å². The fraction of sp³-hybridized carbons (Fsp3) is 0.524. The summed E-state index contributed by atoms with van der Waals surface area (Å²) in [5.74, 6) is 0.254. The van der Waals surface area contributed by atoms with E-state index in [1.807, 2.05) is 25.3 Å². The number of aromatic nitrogens is 1. The molecule has 27 heavy (non-hydrogen) atoms. The number of piperidine rings is 1. The first-order valence-corrected chi connectivity index (χ1v) is 10.0. The van der Waals surface area contributed by atoms with Crippen LogP contribution < -0.4 is 10.2 Å². The number of hydrogen-bond acceptors (Lipinski definition) is 5. The van der Waals surface area contributed by atoms with Crippen molar-refractivity contribution in [1.82, 2.24) is 15.2 Å². The van der Waals surface area contributed by atoms with Gasteiger partial charge in [0.1, 0.15) is 0 Å². The van der Waals surface area contributed by atoms with E-state index in [2.05, 4.69) is 26.2 Å². The third kappa shape index (κ3) is 3.58. The van der Waals surface area contributed by atoms with Gasteiger partial charge in [-0.1, -0.05) is 13.0 Å². The van der Waals surface area contributed by atoms with Crippen LogP contribution in [0.25, 0.3) is 10.8 Å². The van der Waals surface area contributed by atoms with E-state index >= 15 is 0 Å². The molecular weight excluding hydrogens is 340 g/mol. The Bertz CT molecular complexity index is 830. The van der Waals surface area contributed by atoms with E-state index in [-0.39, 0.29) is 11.8 Å². The summed E-state index contributed by atoms with van der Waals surface area (Å²) in [4.78, 5) is 20.5. The maximum atomic E-state index is 11.4. The van der Waals surface area contributed by atoms with Gasteiger partial charge in [0, 0.05) is 67.8 Å². The summed E-state index contributed by atoms with van der Waals surface area (Å²) in [5.41, 5.74) is 2.47. The molecule has 0 aliphatic carbocycles. The van der Waals surface area contributed by atoms with Crippen molar-refractivity contribution in [2.45, 2.75) is 38.6 Å². The van der Waals surface area contributed by atoms with Gasteiger partial charge in [-0.3, -0.25) is 4.79 Å². The molecule has 144 valence electrons. The Hall–Kier alpha value is -2.34. The van der Waals surface area contributed by atoms with Crippen LogP contribution >= 0.6 is 0 Å². The van der Waals surface area contributed by atoms with Gasteiger partial charge in [-0.2, -0.15) is 0 Å². The third-order valence-electron chi connectivity index (χ3n) is 5.95. The van der Waals surface area contributed by atoms with Crippen molar-refractivity contribution in [3.63, 3.8) is 0 Å². The van der Waals surface area contributed by atoms with Crippen LogP contribution in [0.4, 0.5) is 5.69 Å². The predicted molar refractivity (Wildman–Crippen MR) is 107 cm³/mol. The highest BCUT2D eigenvalue weighted by molar-refractivity contribution is 6.00. The van der Waals surface area contributed by atoms with Crippen molar-refractivity contribution >= 4 is 22.4 Å². The Balaban J connectivity index is 1.43. The SMILES string of the molecule is CCC(=O)NCCN1CCC(N2CCc3cnc(O)c4cccc2c34)CC1. The van der Waals surface area contributed by atoms with Crippen LogP contribution in [-0.4, -0.2) is 59.7 Å². The minimum atomic E-state index is 0.126. The smallest absolute Gasteiger partial charge is 0.219 e. The summed E-state index contributed by atoms with van der Waals surface area (Å²) in [6.07, 6.45) is 5.61. The van der Waals surface area contributed by atoms with E-state index in [1.54, 1.807) is 0 Å². The fourth-order valence-electron chi connectivity index (χ4n) is 4.44. The standard InChI is InChI=1S/C21H28N4O2/c1-2-19(26)22-9-13-24-10-7-16(8-11-24)25-12-6-15-14-23-21(27)17-4-3-5-18(25)20(15)17/h3-5,14,16H,2,6-13H2,1H3,(H,22,26)(H,23,27). The van der Waals surface area contributed by atoms with Crippen molar-refractivity contribution in [1.29, 1.82) is 0 Å². The van der Waals surface area contributed by atoms with E-state index in [0.29, 0.717) is 12.5 Å². The molecule has 0 unspecified atom stereocenters. The van der Waals surface area contributed by atoms with E-state index in [1.165, 1.54) is 16.6 Å². The second kappa shape index (κ2) is 7.72. The topological polar surface area (TPSA) is 68.7 Å². The zero-order valence-corrected chi connectivity index (χ0v) is 15.9. The minimum absolute atomic E-state index is 0.126. The maximum absolute atomic E-state index is 11.4. The summed E-state index contributed by atoms with van der Waals surface area (Å²) in [6, 6.07) is 6.69. The van der Waals surface area contributed by atoms with E-state index in [9.17, 15) is 9.90 Å². The lowest BCUT2D eigenvalue weighted by Crippen LogP contribution is -2.48. The number of likely N-dealkylation sites (tertiary alicyclic amines) is 1. The van der Waals surface area contributed by atoms with E-state index < -0.39 is 0 Å². The number of carbonyl (C=O) groups excluding carboxylic acids is 1. The number of nitrogens with zero attached hydrogens (tertiary/aromatic N) is 3. The summed E-state index contributed by atoms with van der Waals surface area (Å²) >= 11 is 0. The number of hydrogen-bond donors (Lipinski definition) is 2. The number of nitrogens with one attached hydrogen (secondary N) is 1. The molecular formula is C21H28N4O2. The van der Waals surface area contributed by atoms with Gasteiger partial charge in [-0.15, -0.1) is 0 Å². The molecule has 2 N–H and O–H groups in total. The molecule has 1 aromatic carbocycles. The molecule has 1 saturated heterocycles. The number of aromatic hydroxyl groups is 1. The normalized spacial score (nSPS) is 18.0. The first-order valence-electron chi connectivity index (χ1n) is 10.0. The molecule has 4 rings (SSSR count). The number of pyridine rings is 1. The number of anilines is 1. The van der Waals surface area contributed by atoms with E-state index in [0.717, 1.165) is 57.4 Å². The van der Waals surface area contributed by atoms with Crippen LogP contribution in [-0.2, 0) is 11.2 Å². The Morgan fingerprint density at radius 3 is 2.89 bits per heavy atom. The van der Waals surface area contributed by atoms with Crippen LogP contribution in [0.1, 0.15) is 31.7 Å². The third-order valence-corrected chi connectivity index (χ3v) is 5.95. The van der Waals surface area contributed by atoms with Crippen LogP contribution in [0.5, 0.6) is 5.88 Å². The highest BCUT2D eigenvalue weighted by Crippen LogP contribution is 2.38. The highest BCUT2D eigenvalue weighted by atomic mass is 16.3. The number of amides is 1. The Morgan fingerprint density at radius 2 is 2.11 bits per heavy atom. The number of rotatable bonds is 5. The Labute approximate surface area is 160 Å². The summed E-state index contributed by atoms with van der Waals surface area (Å²) in [6.45, 7) is 6.68. The Morgan fingerprint density at radius 1 is 1.30 bits per heavy atom. The molecule has 3 heterocycles. The van der Waals surface area contributed by atoms with Crippen LogP contribution in [0, 0.1) is 0 Å². The molecule has 0 saturated carbocycles. The largest absolute Gasteiger partial charge is 0.493 e. The fourth-order valence-corrected chi connectivity index (χ4v) is 4.44. The first kappa shape index (κ1) is 18.0.